The van der Waals surface area contributed by atoms with Crippen LogP contribution in [0.4, 0.5) is 4.79 Å². The van der Waals surface area contributed by atoms with Crippen LogP contribution in [0.15, 0.2) is 29.3 Å². The summed E-state index contributed by atoms with van der Waals surface area (Å²) in [6.07, 6.45) is 1.34. The second-order valence-electron chi connectivity index (χ2n) is 7.34. The number of carbonyl (C=O) groups excluding carboxylic acids is 2. The van der Waals surface area contributed by atoms with E-state index in [1.165, 1.54) is 5.56 Å². The minimum Gasteiger partial charge on any atom is -0.450 e. The molecule has 0 unspecified atom stereocenters. The van der Waals surface area contributed by atoms with Gasteiger partial charge in [0.1, 0.15) is 0 Å². The predicted octanol–water partition coefficient (Wildman–Crippen LogP) is 2.36. The predicted molar refractivity (Wildman–Crippen MR) is 129 cm³/mol. The Hall–Kier alpha value is -2.04. The number of nitrogens with zero attached hydrogens (tertiary/aromatic N) is 3. The van der Waals surface area contributed by atoms with Gasteiger partial charge in [-0.15, -0.1) is 24.0 Å². The number of nitrogens with one attached hydrogen (secondary N) is 2. The Morgan fingerprint density at radius 1 is 1.23 bits per heavy atom. The lowest BCUT2D eigenvalue weighted by Gasteiger charge is -2.32. The van der Waals surface area contributed by atoms with E-state index in [-0.39, 0.29) is 48.6 Å². The summed E-state index contributed by atoms with van der Waals surface area (Å²) in [7, 11) is 3.46. The number of likely N-dealkylation sites (tertiary alicyclic amines) is 1. The normalized spacial score (nSPS) is 14.5. The van der Waals surface area contributed by atoms with E-state index < -0.39 is 0 Å². The maximum Gasteiger partial charge on any atom is 0.409 e. The van der Waals surface area contributed by atoms with Crippen LogP contribution in [0.1, 0.15) is 30.9 Å². The maximum absolute atomic E-state index is 12.0. The van der Waals surface area contributed by atoms with Crippen molar-refractivity contribution < 1.29 is 14.3 Å². The number of hydrogen-bond donors (Lipinski definition) is 2. The minimum absolute atomic E-state index is 0. The third-order valence-electron chi connectivity index (χ3n) is 4.94. The molecule has 168 valence electrons. The molecule has 9 heteroatoms. The van der Waals surface area contributed by atoms with Gasteiger partial charge < -0.3 is 25.2 Å². The Bertz CT molecular complexity index is 718. The van der Waals surface area contributed by atoms with Gasteiger partial charge in [0.15, 0.2) is 5.96 Å². The fraction of sp³-hybridized carbons (Fsp3) is 0.571. The van der Waals surface area contributed by atoms with Crippen LogP contribution in [-0.2, 0) is 16.1 Å². The van der Waals surface area contributed by atoms with Crippen LogP contribution in [0.25, 0.3) is 0 Å². The number of piperidine rings is 1. The van der Waals surface area contributed by atoms with Crippen molar-refractivity contribution >= 4 is 41.9 Å². The van der Waals surface area contributed by atoms with Crippen molar-refractivity contribution in [2.24, 2.45) is 4.99 Å². The maximum atomic E-state index is 12.0. The lowest BCUT2D eigenvalue weighted by atomic mass is 10.1. The zero-order chi connectivity index (χ0) is 21.2. The van der Waals surface area contributed by atoms with Gasteiger partial charge >= 0.3 is 6.09 Å². The third kappa shape index (κ3) is 8.37. The van der Waals surface area contributed by atoms with Crippen LogP contribution in [0.3, 0.4) is 0 Å². The van der Waals surface area contributed by atoms with Crippen molar-refractivity contribution in [1.29, 1.82) is 0 Å². The summed E-state index contributed by atoms with van der Waals surface area (Å²) in [5.41, 5.74) is 2.33. The molecule has 2 amide bonds. The number of ether oxygens (including phenoxy) is 1. The number of hydrogen-bond acceptors (Lipinski definition) is 4. The van der Waals surface area contributed by atoms with Crippen LogP contribution >= 0.6 is 24.0 Å². The average molecular weight is 531 g/mol. The first kappa shape index (κ1) is 26.0. The van der Waals surface area contributed by atoms with Gasteiger partial charge in [-0.3, -0.25) is 4.79 Å². The van der Waals surface area contributed by atoms with E-state index >= 15 is 0 Å². The zero-order valence-corrected chi connectivity index (χ0v) is 20.6. The fourth-order valence-corrected chi connectivity index (χ4v) is 3.04. The number of aryl methyl sites for hydroxylation is 1. The van der Waals surface area contributed by atoms with Gasteiger partial charge in [0, 0.05) is 33.2 Å². The van der Waals surface area contributed by atoms with E-state index in [1.807, 2.05) is 19.1 Å². The Morgan fingerprint density at radius 3 is 2.50 bits per heavy atom. The minimum atomic E-state index is -0.255. The van der Waals surface area contributed by atoms with E-state index in [1.54, 1.807) is 23.9 Å². The fourth-order valence-electron chi connectivity index (χ4n) is 3.04. The number of guanidine groups is 1. The number of rotatable bonds is 6. The highest BCUT2D eigenvalue weighted by molar-refractivity contribution is 14.0. The van der Waals surface area contributed by atoms with Crippen LogP contribution in [-0.4, -0.2) is 74.1 Å². The molecule has 1 saturated heterocycles. The molecule has 1 aliphatic rings. The van der Waals surface area contributed by atoms with Crippen molar-refractivity contribution in [2.75, 3.05) is 40.3 Å². The number of aliphatic imine (C=N–C) groups is 1. The average Bonchev–Trinajstić information content (AvgIpc) is 2.71. The van der Waals surface area contributed by atoms with Crippen LogP contribution < -0.4 is 10.6 Å². The smallest absolute Gasteiger partial charge is 0.409 e. The molecule has 0 radical (unpaired) electrons. The van der Waals surface area contributed by atoms with Crippen molar-refractivity contribution in [2.45, 2.75) is 39.3 Å². The number of halogens is 1. The molecule has 2 N–H and O–H groups in total. The van der Waals surface area contributed by atoms with Crippen molar-refractivity contribution in [3.05, 3.63) is 35.4 Å². The topological polar surface area (TPSA) is 86.3 Å². The molecule has 0 saturated carbocycles. The highest BCUT2D eigenvalue weighted by atomic mass is 127. The van der Waals surface area contributed by atoms with Crippen molar-refractivity contribution in [1.82, 2.24) is 20.4 Å². The SMILES string of the molecule is CCOC(=O)N1CCC(NC(=NCc2ccccc2C)NCC(=O)N(C)C)CC1.I. The Kier molecular flexibility index (Phi) is 11.5. The first-order valence-corrected chi connectivity index (χ1v) is 10.1. The van der Waals surface area contributed by atoms with Gasteiger partial charge in [0.25, 0.3) is 0 Å². The quantitative estimate of drug-likeness (QED) is 0.335. The summed E-state index contributed by atoms with van der Waals surface area (Å²) in [5, 5.41) is 6.56. The highest BCUT2D eigenvalue weighted by Crippen LogP contribution is 2.12. The molecule has 0 aromatic heterocycles. The Balaban J connectivity index is 0.00000450. The molecule has 1 heterocycles. The van der Waals surface area contributed by atoms with Crippen molar-refractivity contribution in [3.63, 3.8) is 0 Å². The highest BCUT2D eigenvalue weighted by Gasteiger charge is 2.24. The lowest BCUT2D eigenvalue weighted by Crippen LogP contribution is -2.51. The van der Waals surface area contributed by atoms with Crippen LogP contribution in [0.2, 0.25) is 0 Å². The van der Waals surface area contributed by atoms with Gasteiger partial charge in [-0.05, 0) is 37.8 Å². The molecule has 0 atom stereocenters. The van der Waals surface area contributed by atoms with Crippen molar-refractivity contribution in [3.8, 4) is 0 Å². The molecule has 0 spiro atoms. The molecular formula is C21H34IN5O3. The summed E-state index contributed by atoms with van der Waals surface area (Å²) in [6, 6.07) is 8.30. The number of amides is 2. The van der Waals surface area contributed by atoms with Crippen LogP contribution in [0.5, 0.6) is 0 Å². The molecule has 2 rings (SSSR count). The summed E-state index contributed by atoms with van der Waals surface area (Å²) in [4.78, 5) is 31.8. The van der Waals surface area contributed by atoms with E-state index in [0.29, 0.717) is 32.2 Å². The standard InChI is InChI=1S/C21H33N5O3.HI/c1-5-29-21(28)26-12-10-18(11-13-26)24-20(23-15-19(27)25(3)4)22-14-17-9-7-6-8-16(17)2;/h6-9,18H,5,10-15H2,1-4H3,(H2,22,23,24);1H. The number of likely N-dealkylation sites (N-methyl/N-ethyl adjacent to an activating group) is 1. The van der Waals surface area contributed by atoms with E-state index in [0.717, 1.165) is 18.4 Å². The first-order chi connectivity index (χ1) is 13.9. The van der Waals surface area contributed by atoms with E-state index in [2.05, 4.69) is 34.7 Å². The summed E-state index contributed by atoms with van der Waals surface area (Å²) in [6.45, 7) is 6.23. The van der Waals surface area contributed by atoms with E-state index in [4.69, 9.17) is 4.74 Å². The Morgan fingerprint density at radius 2 is 1.90 bits per heavy atom. The molecule has 30 heavy (non-hydrogen) atoms. The molecule has 1 aromatic carbocycles. The number of carbonyl (C=O) groups is 2. The van der Waals surface area contributed by atoms with Gasteiger partial charge in [0.05, 0.1) is 19.7 Å². The second kappa shape index (κ2) is 13.3. The summed E-state index contributed by atoms with van der Waals surface area (Å²) in [5.74, 6) is 0.588. The zero-order valence-electron chi connectivity index (χ0n) is 18.3. The molecule has 0 bridgehead atoms. The van der Waals surface area contributed by atoms with Gasteiger partial charge in [0.2, 0.25) is 5.91 Å². The third-order valence-corrected chi connectivity index (χ3v) is 4.94. The molecule has 1 aromatic rings. The molecule has 1 aliphatic heterocycles. The summed E-state index contributed by atoms with van der Waals surface area (Å²) >= 11 is 0. The first-order valence-electron chi connectivity index (χ1n) is 10.1. The monoisotopic (exact) mass is 531 g/mol. The molecule has 0 aliphatic carbocycles. The van der Waals surface area contributed by atoms with E-state index in [9.17, 15) is 9.59 Å². The Labute approximate surface area is 196 Å². The van der Waals surface area contributed by atoms with Gasteiger partial charge in [-0.1, -0.05) is 24.3 Å². The summed E-state index contributed by atoms with van der Waals surface area (Å²) < 4.78 is 5.07. The second-order valence-corrected chi connectivity index (χ2v) is 7.34. The van der Waals surface area contributed by atoms with Crippen LogP contribution in [0, 0.1) is 6.92 Å². The lowest BCUT2D eigenvalue weighted by molar-refractivity contribution is -0.127. The molecular weight excluding hydrogens is 497 g/mol. The molecule has 8 nitrogen and oxygen atoms in total. The number of benzene rings is 1. The molecule has 1 fully saturated rings. The van der Waals surface area contributed by atoms with Gasteiger partial charge in [-0.2, -0.15) is 0 Å². The largest absolute Gasteiger partial charge is 0.450 e. The van der Waals surface area contributed by atoms with Gasteiger partial charge in [-0.25, -0.2) is 9.79 Å².